The van der Waals surface area contributed by atoms with Crippen LogP contribution in [-0.2, 0) is 4.79 Å². The van der Waals surface area contributed by atoms with Crippen molar-refractivity contribution < 1.29 is 4.79 Å². The molecule has 0 unspecified atom stereocenters. The fourth-order valence-corrected chi connectivity index (χ4v) is 2.06. The third-order valence-electron chi connectivity index (χ3n) is 3.42. The Kier molecular flexibility index (Phi) is 5.77. The molecule has 0 spiro atoms. The number of rotatable bonds is 2. The summed E-state index contributed by atoms with van der Waals surface area (Å²) in [7, 11) is 1.89. The second kappa shape index (κ2) is 5.87. The first kappa shape index (κ1) is 15.7. The molecule has 1 fully saturated rings. The number of nitrogens with two attached hydrogens (primary N) is 1. The molecule has 0 saturated heterocycles. The van der Waals surface area contributed by atoms with Crippen molar-refractivity contribution in [3.63, 3.8) is 0 Å². The van der Waals surface area contributed by atoms with Gasteiger partial charge in [0.25, 0.3) is 0 Å². The predicted octanol–water partition coefficient (Wildman–Crippen LogP) is 2.18. The highest BCUT2D eigenvalue weighted by Gasteiger charge is 2.33. The van der Waals surface area contributed by atoms with Crippen molar-refractivity contribution >= 4 is 18.3 Å². The molecule has 4 heteroatoms. The van der Waals surface area contributed by atoms with Gasteiger partial charge in [-0.05, 0) is 18.3 Å². The Morgan fingerprint density at radius 1 is 1.31 bits per heavy atom. The lowest BCUT2D eigenvalue weighted by Crippen LogP contribution is -2.51. The van der Waals surface area contributed by atoms with Crippen LogP contribution in [0.3, 0.4) is 0 Å². The highest BCUT2D eigenvalue weighted by Crippen LogP contribution is 2.25. The molecule has 2 N–H and O–H groups in total. The van der Waals surface area contributed by atoms with Gasteiger partial charge in [0.2, 0.25) is 5.91 Å². The lowest BCUT2D eigenvalue weighted by Gasteiger charge is -2.33. The monoisotopic (exact) mass is 248 g/mol. The van der Waals surface area contributed by atoms with Gasteiger partial charge in [-0.1, -0.05) is 33.6 Å². The van der Waals surface area contributed by atoms with Gasteiger partial charge in [-0.15, -0.1) is 12.4 Å². The van der Waals surface area contributed by atoms with E-state index in [1.807, 2.05) is 32.7 Å². The Hall–Kier alpha value is -0.280. The zero-order chi connectivity index (χ0) is 11.6. The van der Waals surface area contributed by atoms with Gasteiger partial charge in [-0.3, -0.25) is 4.79 Å². The SMILES string of the molecule is CN(C(=O)[C@@H](N)C(C)(C)C)C1CCCC1.Cl. The van der Waals surface area contributed by atoms with E-state index in [-0.39, 0.29) is 29.8 Å². The van der Waals surface area contributed by atoms with E-state index in [0.717, 1.165) is 12.8 Å². The van der Waals surface area contributed by atoms with E-state index >= 15 is 0 Å². The minimum absolute atomic E-state index is 0. The standard InChI is InChI=1S/C12H24N2O.ClH/c1-12(2,3)10(13)11(15)14(4)9-7-5-6-8-9;/h9-10H,5-8,13H2,1-4H3;1H/t10-;/m1./s1. The predicted molar refractivity (Wildman–Crippen MR) is 69.7 cm³/mol. The highest BCUT2D eigenvalue weighted by atomic mass is 35.5. The zero-order valence-electron chi connectivity index (χ0n) is 10.8. The Morgan fingerprint density at radius 3 is 2.12 bits per heavy atom. The van der Waals surface area contributed by atoms with Crippen molar-refractivity contribution in [2.45, 2.75) is 58.5 Å². The van der Waals surface area contributed by atoms with Crippen molar-refractivity contribution in [1.82, 2.24) is 4.90 Å². The van der Waals surface area contributed by atoms with Crippen molar-refractivity contribution in [2.24, 2.45) is 11.1 Å². The van der Waals surface area contributed by atoms with E-state index in [1.54, 1.807) is 0 Å². The third kappa shape index (κ3) is 3.63. The first-order chi connectivity index (χ1) is 6.84. The average Bonchev–Trinajstić information content (AvgIpc) is 2.65. The van der Waals surface area contributed by atoms with Crippen LogP contribution in [0, 0.1) is 5.41 Å². The summed E-state index contributed by atoms with van der Waals surface area (Å²) in [5.41, 5.74) is 5.82. The van der Waals surface area contributed by atoms with Crippen molar-refractivity contribution in [2.75, 3.05) is 7.05 Å². The van der Waals surface area contributed by atoms with Crippen molar-refractivity contribution in [3.8, 4) is 0 Å². The summed E-state index contributed by atoms with van der Waals surface area (Å²) in [5, 5.41) is 0. The summed E-state index contributed by atoms with van der Waals surface area (Å²) < 4.78 is 0. The maximum absolute atomic E-state index is 12.1. The molecule has 0 heterocycles. The van der Waals surface area contributed by atoms with E-state index in [9.17, 15) is 4.79 Å². The second-order valence-corrected chi connectivity index (χ2v) is 5.73. The van der Waals surface area contributed by atoms with Gasteiger partial charge in [-0.2, -0.15) is 0 Å². The number of carbonyl (C=O) groups excluding carboxylic acids is 1. The van der Waals surface area contributed by atoms with E-state index in [2.05, 4.69) is 0 Å². The van der Waals surface area contributed by atoms with E-state index in [0.29, 0.717) is 6.04 Å². The lowest BCUT2D eigenvalue weighted by molar-refractivity contribution is -0.135. The van der Waals surface area contributed by atoms with Gasteiger partial charge in [0.15, 0.2) is 0 Å². The summed E-state index contributed by atoms with van der Waals surface area (Å²) in [5.74, 6) is 0.0920. The maximum atomic E-state index is 12.1. The molecule has 0 aromatic rings. The second-order valence-electron chi connectivity index (χ2n) is 5.73. The lowest BCUT2D eigenvalue weighted by atomic mass is 9.86. The van der Waals surface area contributed by atoms with Crippen LogP contribution in [-0.4, -0.2) is 29.9 Å². The minimum atomic E-state index is -0.386. The molecule has 1 aliphatic rings. The van der Waals surface area contributed by atoms with Gasteiger partial charge < -0.3 is 10.6 Å². The van der Waals surface area contributed by atoms with E-state index < -0.39 is 0 Å². The highest BCUT2D eigenvalue weighted by molar-refractivity contribution is 5.85. The number of nitrogens with zero attached hydrogens (tertiary/aromatic N) is 1. The molecular formula is C12H25ClN2O. The zero-order valence-corrected chi connectivity index (χ0v) is 11.6. The Labute approximate surface area is 105 Å². The van der Waals surface area contributed by atoms with Gasteiger partial charge in [0.05, 0.1) is 6.04 Å². The first-order valence-electron chi connectivity index (χ1n) is 5.86. The normalized spacial score (nSPS) is 19.1. The molecule has 3 nitrogen and oxygen atoms in total. The summed E-state index contributed by atoms with van der Waals surface area (Å²) in [4.78, 5) is 13.9. The van der Waals surface area contributed by atoms with Gasteiger partial charge in [0, 0.05) is 13.1 Å². The molecule has 1 rings (SSSR count). The van der Waals surface area contributed by atoms with Crippen LogP contribution in [0.4, 0.5) is 0 Å². The molecule has 96 valence electrons. The fraction of sp³-hybridized carbons (Fsp3) is 0.917. The molecular weight excluding hydrogens is 224 g/mol. The minimum Gasteiger partial charge on any atom is -0.341 e. The molecule has 0 aliphatic heterocycles. The molecule has 0 aromatic carbocycles. The molecule has 1 atom stereocenters. The van der Waals surface area contributed by atoms with E-state index in [1.165, 1.54) is 12.8 Å². The number of carbonyl (C=O) groups is 1. The molecule has 16 heavy (non-hydrogen) atoms. The van der Waals surface area contributed by atoms with Crippen LogP contribution >= 0.6 is 12.4 Å². The molecule has 0 bridgehead atoms. The molecule has 1 saturated carbocycles. The van der Waals surface area contributed by atoms with Gasteiger partial charge >= 0.3 is 0 Å². The Balaban J connectivity index is 0.00000225. The van der Waals surface area contributed by atoms with Crippen LogP contribution in [0.5, 0.6) is 0 Å². The largest absolute Gasteiger partial charge is 0.341 e. The Bertz CT molecular complexity index is 232. The summed E-state index contributed by atoms with van der Waals surface area (Å²) >= 11 is 0. The van der Waals surface area contributed by atoms with Crippen LogP contribution in [0.25, 0.3) is 0 Å². The van der Waals surface area contributed by atoms with Gasteiger partial charge in [0.1, 0.15) is 0 Å². The van der Waals surface area contributed by atoms with Crippen LogP contribution in [0.1, 0.15) is 46.5 Å². The third-order valence-corrected chi connectivity index (χ3v) is 3.42. The Morgan fingerprint density at radius 2 is 1.75 bits per heavy atom. The van der Waals surface area contributed by atoms with Crippen molar-refractivity contribution in [1.29, 1.82) is 0 Å². The average molecular weight is 249 g/mol. The summed E-state index contributed by atoms with van der Waals surface area (Å²) in [6.45, 7) is 6.04. The fourth-order valence-electron chi connectivity index (χ4n) is 2.06. The van der Waals surface area contributed by atoms with Crippen LogP contribution < -0.4 is 5.73 Å². The molecule has 0 aromatic heterocycles. The van der Waals surface area contributed by atoms with Crippen molar-refractivity contribution in [3.05, 3.63) is 0 Å². The topological polar surface area (TPSA) is 46.3 Å². The first-order valence-corrected chi connectivity index (χ1v) is 5.86. The summed E-state index contributed by atoms with van der Waals surface area (Å²) in [6.07, 6.45) is 4.76. The number of halogens is 1. The number of hydrogen-bond acceptors (Lipinski definition) is 2. The van der Waals surface area contributed by atoms with Gasteiger partial charge in [-0.25, -0.2) is 0 Å². The number of amides is 1. The number of hydrogen-bond donors (Lipinski definition) is 1. The smallest absolute Gasteiger partial charge is 0.240 e. The summed E-state index contributed by atoms with van der Waals surface area (Å²) in [6, 6.07) is 0.0361. The van der Waals surface area contributed by atoms with Crippen LogP contribution in [0.15, 0.2) is 0 Å². The molecule has 0 radical (unpaired) electrons. The van der Waals surface area contributed by atoms with Crippen LogP contribution in [0.2, 0.25) is 0 Å². The molecule has 1 aliphatic carbocycles. The quantitative estimate of drug-likeness (QED) is 0.814. The molecule has 1 amide bonds. The maximum Gasteiger partial charge on any atom is 0.240 e. The number of likely N-dealkylation sites (N-methyl/N-ethyl adjacent to an activating group) is 1. The van der Waals surface area contributed by atoms with E-state index in [4.69, 9.17) is 5.73 Å².